The van der Waals surface area contributed by atoms with E-state index in [1.54, 1.807) is 0 Å². The van der Waals surface area contributed by atoms with Crippen molar-refractivity contribution in [3.05, 3.63) is 35.9 Å². The van der Waals surface area contributed by atoms with E-state index in [2.05, 4.69) is 28.6 Å². The molecule has 0 spiro atoms. The highest BCUT2D eigenvalue weighted by Crippen LogP contribution is 2.12. The Bertz CT molecular complexity index is 388. The minimum Gasteiger partial charge on any atom is -0.320 e. The Hall–Kier alpha value is -1.31. The monoisotopic (exact) mass is 176 g/mol. The minimum atomic E-state index is 1.09. The molecule has 0 aliphatic rings. The van der Waals surface area contributed by atoms with E-state index in [9.17, 15) is 0 Å². The van der Waals surface area contributed by atoms with Gasteiger partial charge in [0, 0.05) is 18.6 Å². The summed E-state index contributed by atoms with van der Waals surface area (Å²) in [5.74, 6) is 0. The predicted octanol–water partition coefficient (Wildman–Crippen LogP) is 2.98. The van der Waals surface area contributed by atoms with Crippen LogP contribution < -0.4 is 0 Å². The van der Waals surface area contributed by atoms with E-state index in [4.69, 9.17) is 0 Å². The van der Waals surface area contributed by atoms with Gasteiger partial charge in [-0.05, 0) is 25.5 Å². The van der Waals surface area contributed by atoms with Crippen LogP contribution in [0.5, 0.6) is 0 Å². The van der Waals surface area contributed by atoms with Crippen molar-refractivity contribution >= 4 is 5.52 Å². The molecule has 0 fully saturated rings. The summed E-state index contributed by atoms with van der Waals surface area (Å²) in [7, 11) is 0. The zero-order valence-electron chi connectivity index (χ0n) is 8.70. The van der Waals surface area contributed by atoms with Crippen LogP contribution in [-0.2, 0) is 0 Å². The molecule has 70 valence electrons. The van der Waals surface area contributed by atoms with Crippen molar-refractivity contribution in [1.82, 2.24) is 9.38 Å². The molecule has 2 rings (SSSR count). The van der Waals surface area contributed by atoms with Crippen LogP contribution in [0.2, 0.25) is 0 Å². The van der Waals surface area contributed by atoms with Crippen molar-refractivity contribution in [2.75, 3.05) is 0 Å². The van der Waals surface area contributed by atoms with Gasteiger partial charge in [0.1, 0.15) is 0 Å². The maximum Gasteiger partial charge on any atom is 0.0693 e. The van der Waals surface area contributed by atoms with E-state index in [0.29, 0.717) is 0 Å². The molecule has 0 N–H and O–H groups in total. The van der Waals surface area contributed by atoms with E-state index < -0.39 is 0 Å². The van der Waals surface area contributed by atoms with Crippen molar-refractivity contribution in [2.24, 2.45) is 0 Å². The Labute approximate surface area is 79.2 Å². The molecule has 13 heavy (non-hydrogen) atoms. The number of aryl methyl sites for hydroxylation is 2. The fraction of sp³-hybridized carbons (Fsp3) is 0.364. The number of aromatic nitrogens is 2. The van der Waals surface area contributed by atoms with E-state index in [-0.39, 0.29) is 0 Å². The first-order valence-electron chi connectivity index (χ1n) is 4.68. The number of hydrogen-bond donors (Lipinski definition) is 0. The van der Waals surface area contributed by atoms with Crippen molar-refractivity contribution in [1.29, 1.82) is 0 Å². The Morgan fingerprint density at radius 3 is 2.46 bits per heavy atom. The molecule has 0 saturated carbocycles. The first kappa shape index (κ1) is 9.78. The van der Waals surface area contributed by atoms with Crippen LogP contribution in [0.4, 0.5) is 0 Å². The summed E-state index contributed by atoms with van der Waals surface area (Å²) >= 11 is 0. The third-order valence-corrected chi connectivity index (χ3v) is 1.96. The molecule has 2 heterocycles. The highest BCUT2D eigenvalue weighted by molar-refractivity contribution is 5.58. The van der Waals surface area contributed by atoms with Gasteiger partial charge >= 0.3 is 0 Å². The van der Waals surface area contributed by atoms with Crippen LogP contribution in [0.1, 0.15) is 25.1 Å². The molecule has 2 aromatic heterocycles. The summed E-state index contributed by atoms with van der Waals surface area (Å²) in [5.41, 5.74) is 3.61. The third-order valence-electron chi connectivity index (χ3n) is 1.96. The second kappa shape index (κ2) is 4.08. The molecule has 0 aliphatic heterocycles. The Morgan fingerprint density at radius 1 is 1.15 bits per heavy atom. The summed E-state index contributed by atoms with van der Waals surface area (Å²) in [6.45, 7) is 8.13. The van der Waals surface area contributed by atoms with Gasteiger partial charge in [-0.2, -0.15) is 0 Å². The molecule has 0 bridgehead atoms. The van der Waals surface area contributed by atoms with Gasteiger partial charge in [-0.15, -0.1) is 0 Å². The highest BCUT2D eigenvalue weighted by Gasteiger charge is 1.99. The molecule has 2 nitrogen and oxygen atoms in total. The topological polar surface area (TPSA) is 17.3 Å². The number of hydrogen-bond acceptors (Lipinski definition) is 1. The fourth-order valence-corrected chi connectivity index (χ4v) is 1.42. The smallest absolute Gasteiger partial charge is 0.0693 e. The second-order valence-corrected chi connectivity index (χ2v) is 2.77. The van der Waals surface area contributed by atoms with Gasteiger partial charge in [0.15, 0.2) is 0 Å². The number of fused-ring (bicyclic) bond motifs is 1. The van der Waals surface area contributed by atoms with Crippen LogP contribution >= 0.6 is 0 Å². The molecule has 0 radical (unpaired) electrons. The molecule has 0 aromatic carbocycles. The van der Waals surface area contributed by atoms with E-state index in [1.165, 1.54) is 11.1 Å². The highest BCUT2D eigenvalue weighted by atomic mass is 14.9. The van der Waals surface area contributed by atoms with Crippen molar-refractivity contribution in [3.63, 3.8) is 0 Å². The average molecular weight is 176 g/mol. The molecule has 0 amide bonds. The summed E-state index contributed by atoms with van der Waals surface area (Å²) in [6.07, 6.45) is 5.84. The van der Waals surface area contributed by atoms with Gasteiger partial charge in [0.2, 0.25) is 0 Å². The Kier molecular flexibility index (Phi) is 3.07. The van der Waals surface area contributed by atoms with Gasteiger partial charge in [-0.3, -0.25) is 4.98 Å². The molecule has 0 aliphatic carbocycles. The zero-order chi connectivity index (χ0) is 9.84. The van der Waals surface area contributed by atoms with Crippen molar-refractivity contribution in [3.8, 4) is 0 Å². The number of nitrogens with zero attached hydrogens (tertiary/aromatic N) is 2. The summed E-state index contributed by atoms with van der Waals surface area (Å²) in [5, 5.41) is 0. The number of rotatable bonds is 0. The van der Waals surface area contributed by atoms with Gasteiger partial charge < -0.3 is 4.40 Å². The SMILES string of the molecule is CC.Cc1ccn2ccnc(C)c12. The Balaban J connectivity index is 0.000000396. The van der Waals surface area contributed by atoms with Gasteiger partial charge in [-0.25, -0.2) is 0 Å². The standard InChI is InChI=1S/C9H10N2.C2H6/c1-7-3-5-11-6-4-10-8(2)9(7)11;1-2/h3-6H,1-2H3;1-2H3. The lowest BCUT2D eigenvalue weighted by Gasteiger charge is -1.97. The fourth-order valence-electron chi connectivity index (χ4n) is 1.42. The first-order chi connectivity index (χ1) is 6.29. The first-order valence-corrected chi connectivity index (χ1v) is 4.68. The lowest BCUT2D eigenvalue weighted by Crippen LogP contribution is -1.88. The molecule has 0 saturated heterocycles. The van der Waals surface area contributed by atoms with Gasteiger partial charge in [-0.1, -0.05) is 13.8 Å². The summed E-state index contributed by atoms with van der Waals surface area (Å²) in [4.78, 5) is 4.22. The van der Waals surface area contributed by atoms with Crippen LogP contribution in [0.25, 0.3) is 5.52 Å². The van der Waals surface area contributed by atoms with Crippen LogP contribution in [0.3, 0.4) is 0 Å². The minimum absolute atomic E-state index is 1.09. The maximum absolute atomic E-state index is 4.22. The second-order valence-electron chi connectivity index (χ2n) is 2.77. The summed E-state index contributed by atoms with van der Waals surface area (Å²) in [6, 6.07) is 2.10. The molecular formula is C11H16N2. The van der Waals surface area contributed by atoms with Crippen molar-refractivity contribution < 1.29 is 0 Å². The molecule has 0 unspecified atom stereocenters. The lowest BCUT2D eigenvalue weighted by molar-refractivity contribution is 1.09. The van der Waals surface area contributed by atoms with E-state index in [1.807, 2.05) is 33.2 Å². The Morgan fingerprint density at radius 2 is 1.85 bits per heavy atom. The van der Waals surface area contributed by atoms with Gasteiger partial charge in [0.05, 0.1) is 11.2 Å². The largest absolute Gasteiger partial charge is 0.320 e. The molecule has 2 heteroatoms. The predicted molar refractivity (Wildman–Crippen MR) is 56.0 cm³/mol. The third kappa shape index (κ3) is 1.72. The summed E-state index contributed by atoms with van der Waals surface area (Å²) < 4.78 is 2.09. The van der Waals surface area contributed by atoms with Gasteiger partial charge in [0.25, 0.3) is 0 Å². The van der Waals surface area contributed by atoms with Crippen LogP contribution in [0, 0.1) is 13.8 Å². The van der Waals surface area contributed by atoms with Crippen LogP contribution in [0.15, 0.2) is 24.7 Å². The van der Waals surface area contributed by atoms with E-state index >= 15 is 0 Å². The zero-order valence-corrected chi connectivity index (χ0v) is 8.70. The quantitative estimate of drug-likeness (QED) is 0.603. The molecule has 0 atom stereocenters. The van der Waals surface area contributed by atoms with Crippen LogP contribution in [-0.4, -0.2) is 9.38 Å². The van der Waals surface area contributed by atoms with E-state index in [0.717, 1.165) is 5.69 Å². The maximum atomic E-state index is 4.22. The molecular weight excluding hydrogens is 160 g/mol. The average Bonchev–Trinajstić information content (AvgIpc) is 2.53. The lowest BCUT2D eigenvalue weighted by atomic mass is 10.3. The molecule has 2 aromatic rings. The normalized spacial score (nSPS) is 9.54. The van der Waals surface area contributed by atoms with Crippen molar-refractivity contribution in [2.45, 2.75) is 27.7 Å².